The zero-order valence-corrected chi connectivity index (χ0v) is 20.2. The van der Waals surface area contributed by atoms with E-state index in [1.165, 1.54) is 31.4 Å². The maximum atomic E-state index is 14.2. The number of benzene rings is 3. The quantitative estimate of drug-likeness (QED) is 0.191. The average Bonchev–Trinajstić information content (AvgIpc) is 2.87. The van der Waals surface area contributed by atoms with E-state index < -0.39 is 48.2 Å². The lowest BCUT2D eigenvalue weighted by Crippen LogP contribution is -2.50. The topological polar surface area (TPSA) is 54.0 Å². The smallest absolute Gasteiger partial charge is 0.460 e. The number of nitrogens with zero attached hydrogens (tertiary/aromatic N) is 1. The molecule has 0 bridgehead atoms. The second kappa shape index (κ2) is 11.3. The number of aliphatic hydroxyl groups excluding tert-OH is 1. The van der Waals surface area contributed by atoms with Gasteiger partial charge in [0.2, 0.25) is 0 Å². The minimum absolute atomic E-state index is 0.131. The molecule has 2 N–H and O–H groups in total. The van der Waals surface area contributed by atoms with Gasteiger partial charge in [-0.05, 0) is 54.6 Å². The predicted molar refractivity (Wildman–Crippen MR) is 124 cm³/mol. The van der Waals surface area contributed by atoms with Crippen LogP contribution in [0.3, 0.4) is 0 Å². The molecule has 0 saturated carbocycles. The van der Waals surface area contributed by atoms with Gasteiger partial charge in [-0.15, -0.1) is 0 Å². The number of aliphatic hydroxyl groups is 1. The van der Waals surface area contributed by atoms with E-state index in [0.717, 1.165) is 6.07 Å². The summed E-state index contributed by atoms with van der Waals surface area (Å²) in [6.07, 6.45) is -14.8. The van der Waals surface area contributed by atoms with Crippen LogP contribution in [-0.2, 0) is 5.92 Å². The maximum absolute atomic E-state index is 14.2. The van der Waals surface area contributed by atoms with E-state index in [1.54, 1.807) is 24.3 Å². The van der Waals surface area contributed by atoms with Crippen LogP contribution in [0.2, 0.25) is 0 Å². The highest BCUT2D eigenvalue weighted by atomic mass is 19.4. The molecular formula is C25H20F10N2O3. The van der Waals surface area contributed by atoms with Crippen LogP contribution in [0.15, 0.2) is 72.8 Å². The van der Waals surface area contributed by atoms with Gasteiger partial charge in [0, 0.05) is 16.9 Å². The van der Waals surface area contributed by atoms with E-state index in [-0.39, 0.29) is 17.8 Å². The first-order chi connectivity index (χ1) is 18.5. The van der Waals surface area contributed by atoms with E-state index in [9.17, 15) is 49.0 Å². The van der Waals surface area contributed by atoms with Crippen molar-refractivity contribution in [3.05, 3.63) is 78.4 Å². The van der Waals surface area contributed by atoms with Crippen molar-refractivity contribution in [2.24, 2.45) is 0 Å². The van der Waals surface area contributed by atoms with Crippen molar-refractivity contribution in [3.63, 3.8) is 0 Å². The molecule has 3 aromatic carbocycles. The third kappa shape index (κ3) is 6.81. The predicted octanol–water partition coefficient (Wildman–Crippen LogP) is 7.45. The number of rotatable bonds is 10. The molecule has 0 fully saturated rings. The Morgan fingerprint density at radius 1 is 0.775 bits per heavy atom. The fraction of sp³-hybridized carbons (Fsp3) is 0.280. The molecule has 0 aliphatic heterocycles. The SMILES string of the molecule is COc1ccc(Nc2cccc(N(CC(O)C(F)(F)F)Oc3cccc(C(F)(F)C(F)(F)C(F)(F)F)c3)c2)cc1. The molecule has 3 aromatic rings. The van der Waals surface area contributed by atoms with Crippen LogP contribution in [0.5, 0.6) is 11.5 Å². The molecule has 0 aromatic heterocycles. The Kier molecular flexibility index (Phi) is 8.67. The number of ether oxygens (including phenoxy) is 1. The van der Waals surface area contributed by atoms with Gasteiger partial charge < -0.3 is 20.0 Å². The number of hydrogen-bond acceptors (Lipinski definition) is 5. The van der Waals surface area contributed by atoms with Crippen LogP contribution < -0.4 is 20.0 Å². The molecule has 0 amide bonds. The van der Waals surface area contributed by atoms with Gasteiger partial charge in [0.05, 0.1) is 19.3 Å². The molecule has 1 atom stereocenters. The molecular weight excluding hydrogens is 566 g/mol. The summed E-state index contributed by atoms with van der Waals surface area (Å²) in [7, 11) is 1.45. The monoisotopic (exact) mass is 586 g/mol. The normalized spacial score (nSPS) is 13.5. The zero-order chi connectivity index (χ0) is 29.9. The molecule has 0 aliphatic carbocycles. The summed E-state index contributed by atoms with van der Waals surface area (Å²) < 4.78 is 138. The Morgan fingerprint density at radius 3 is 1.98 bits per heavy atom. The van der Waals surface area contributed by atoms with Gasteiger partial charge >= 0.3 is 24.2 Å². The number of hydroxylamine groups is 1. The first-order valence-corrected chi connectivity index (χ1v) is 11.1. The van der Waals surface area contributed by atoms with E-state index in [1.807, 2.05) is 0 Å². The van der Waals surface area contributed by atoms with Crippen molar-refractivity contribution >= 4 is 17.1 Å². The highest BCUT2D eigenvalue weighted by molar-refractivity contribution is 5.65. The largest absolute Gasteiger partial charge is 0.497 e. The third-order valence-corrected chi connectivity index (χ3v) is 5.39. The summed E-state index contributed by atoms with van der Waals surface area (Å²) in [5.41, 5.74) is -1.15. The Balaban J connectivity index is 1.95. The minimum Gasteiger partial charge on any atom is -0.497 e. The van der Waals surface area contributed by atoms with Gasteiger partial charge in [-0.25, -0.2) is 5.06 Å². The van der Waals surface area contributed by atoms with E-state index in [4.69, 9.17) is 9.57 Å². The van der Waals surface area contributed by atoms with Crippen molar-refractivity contribution < 1.29 is 58.6 Å². The highest BCUT2D eigenvalue weighted by Gasteiger charge is 2.73. The summed E-state index contributed by atoms with van der Waals surface area (Å²) in [6, 6.07) is 13.7. The molecule has 1 unspecified atom stereocenters. The molecule has 5 nitrogen and oxygen atoms in total. The zero-order valence-electron chi connectivity index (χ0n) is 20.2. The Labute approximate surface area is 220 Å². The fourth-order valence-electron chi connectivity index (χ4n) is 3.27. The van der Waals surface area contributed by atoms with E-state index >= 15 is 0 Å². The van der Waals surface area contributed by atoms with Crippen molar-refractivity contribution in [1.29, 1.82) is 0 Å². The maximum Gasteiger partial charge on any atom is 0.460 e. The molecule has 0 spiro atoms. The first-order valence-electron chi connectivity index (χ1n) is 11.1. The third-order valence-electron chi connectivity index (χ3n) is 5.39. The van der Waals surface area contributed by atoms with Crippen molar-refractivity contribution in [2.75, 3.05) is 24.0 Å². The van der Waals surface area contributed by atoms with Gasteiger partial charge in [0.25, 0.3) is 0 Å². The first kappa shape index (κ1) is 30.7. The number of hydrogen-bond donors (Lipinski definition) is 2. The van der Waals surface area contributed by atoms with Crippen LogP contribution in [0.4, 0.5) is 61.0 Å². The van der Waals surface area contributed by atoms with Gasteiger partial charge in [0.15, 0.2) is 11.9 Å². The molecule has 0 saturated heterocycles. The molecule has 0 heterocycles. The molecule has 218 valence electrons. The van der Waals surface area contributed by atoms with Gasteiger partial charge in [-0.3, -0.25) is 0 Å². The minimum atomic E-state index is -6.60. The Bertz CT molecular complexity index is 1280. The highest BCUT2D eigenvalue weighted by Crippen LogP contribution is 2.52. The number of halogens is 10. The van der Waals surface area contributed by atoms with Crippen molar-refractivity contribution in [2.45, 2.75) is 30.3 Å². The summed E-state index contributed by atoms with van der Waals surface area (Å²) in [5, 5.41) is 13.0. The van der Waals surface area contributed by atoms with Crippen LogP contribution in [0.1, 0.15) is 5.56 Å². The van der Waals surface area contributed by atoms with E-state index in [0.29, 0.717) is 28.3 Å². The van der Waals surface area contributed by atoms with Gasteiger partial charge in [0.1, 0.15) is 5.75 Å². The second-order valence-electron chi connectivity index (χ2n) is 8.29. The number of methoxy groups -OCH3 is 1. The number of nitrogens with one attached hydrogen (secondary N) is 1. The lowest BCUT2D eigenvalue weighted by Gasteiger charge is -2.30. The van der Waals surface area contributed by atoms with E-state index in [2.05, 4.69) is 5.32 Å². The molecule has 15 heteroatoms. The summed E-state index contributed by atoms with van der Waals surface area (Å²) in [4.78, 5) is 5.21. The Morgan fingerprint density at radius 2 is 1.40 bits per heavy atom. The van der Waals surface area contributed by atoms with Crippen LogP contribution in [0.25, 0.3) is 0 Å². The molecule has 0 radical (unpaired) electrons. The second-order valence-corrected chi connectivity index (χ2v) is 8.29. The van der Waals surface area contributed by atoms with Crippen LogP contribution in [0, 0.1) is 0 Å². The summed E-state index contributed by atoms with van der Waals surface area (Å²) in [6.45, 7) is -1.32. The molecule has 0 aliphatic rings. The van der Waals surface area contributed by atoms with Crippen molar-refractivity contribution in [1.82, 2.24) is 0 Å². The van der Waals surface area contributed by atoms with Gasteiger partial charge in [-0.1, -0.05) is 18.2 Å². The summed E-state index contributed by atoms with van der Waals surface area (Å²) in [5.74, 6) is -12.5. The van der Waals surface area contributed by atoms with Gasteiger partial charge in [-0.2, -0.15) is 43.9 Å². The standard InChI is InChI=1S/C25H20F10N2O3/c1-39-19-10-8-16(9-11-19)36-17-5-3-6-18(13-17)37(14-21(38)23(28,29)30)40-20-7-2-4-15(12-20)22(26,27)24(31,32)25(33,34)35/h2-13,21,36,38H,14H2,1H3. The molecule has 40 heavy (non-hydrogen) atoms. The lowest BCUT2D eigenvalue weighted by atomic mass is 10.0. The Hall–Kier alpha value is -3.88. The van der Waals surface area contributed by atoms with Crippen molar-refractivity contribution in [3.8, 4) is 11.5 Å². The van der Waals surface area contributed by atoms with Crippen LogP contribution >= 0.6 is 0 Å². The average molecular weight is 586 g/mol. The lowest BCUT2D eigenvalue weighted by molar-refractivity contribution is -0.359. The number of alkyl halides is 10. The van der Waals surface area contributed by atoms with Crippen LogP contribution in [-0.4, -0.2) is 43.1 Å². The fourth-order valence-corrected chi connectivity index (χ4v) is 3.27. The molecule has 3 rings (SSSR count). The number of anilines is 3. The summed E-state index contributed by atoms with van der Waals surface area (Å²) >= 11 is 0.